The maximum Gasteiger partial charge on any atom is 0.274 e. The Morgan fingerprint density at radius 2 is 2.15 bits per heavy atom. The molecule has 0 unspecified atom stereocenters. The van der Waals surface area contributed by atoms with Crippen LogP contribution in [0.5, 0.6) is 0 Å². The third kappa shape index (κ3) is 3.12. The molecule has 0 fully saturated rings. The summed E-state index contributed by atoms with van der Waals surface area (Å²) in [4.78, 5) is 18.0. The summed E-state index contributed by atoms with van der Waals surface area (Å²) in [6.45, 7) is 2.67. The average Bonchev–Trinajstić information content (AvgIpc) is 2.44. The van der Waals surface area contributed by atoms with Gasteiger partial charge in [-0.2, -0.15) is 0 Å². The van der Waals surface area contributed by atoms with Gasteiger partial charge >= 0.3 is 0 Å². The van der Waals surface area contributed by atoms with Crippen molar-refractivity contribution in [2.45, 2.75) is 13.5 Å². The first-order valence-corrected chi connectivity index (χ1v) is 6.36. The summed E-state index contributed by atoms with van der Waals surface area (Å²) in [5.41, 5.74) is 7.06. The number of pyridine rings is 1. The Balaban J connectivity index is 2.20. The number of amides is 1. The average molecular weight is 273 g/mol. The number of carbonyl (C=O) groups excluding carboxylic acids is 1. The number of nitrogen functional groups attached to an aromatic ring is 1. The Morgan fingerprint density at radius 1 is 1.35 bits per heavy atom. The van der Waals surface area contributed by atoms with Crippen molar-refractivity contribution in [3.05, 3.63) is 59.7 Å². The van der Waals surface area contributed by atoms with Gasteiger partial charge < -0.3 is 10.6 Å². The summed E-state index contributed by atoms with van der Waals surface area (Å²) in [7, 11) is 0. The molecule has 1 amide bonds. The molecule has 2 N–H and O–H groups in total. The molecule has 104 valence electrons. The van der Waals surface area contributed by atoms with Gasteiger partial charge in [-0.05, 0) is 36.8 Å². The van der Waals surface area contributed by atoms with Gasteiger partial charge in [0, 0.05) is 19.3 Å². The first kappa shape index (κ1) is 14.0. The molecule has 1 heterocycles. The number of hydrogen-bond donors (Lipinski definition) is 1. The van der Waals surface area contributed by atoms with Gasteiger partial charge in [0.2, 0.25) is 0 Å². The van der Waals surface area contributed by atoms with E-state index in [1.54, 1.807) is 29.2 Å². The summed E-state index contributed by atoms with van der Waals surface area (Å²) in [5.74, 6) is -0.571. The second kappa shape index (κ2) is 6.14. The lowest BCUT2D eigenvalue weighted by molar-refractivity contribution is 0.0747. The Hall–Kier alpha value is -2.43. The molecule has 1 aromatic carbocycles. The van der Waals surface area contributed by atoms with Crippen LogP contribution >= 0.6 is 0 Å². The standard InChI is InChI=1S/C15H16FN3O/c1-2-19(10-11-5-3-6-12(16)9-11)15(20)14-13(17)7-4-8-18-14/h3-9H,2,10,17H2,1H3. The van der Waals surface area contributed by atoms with Gasteiger partial charge in [-0.3, -0.25) is 4.79 Å². The first-order chi connectivity index (χ1) is 9.61. The second-order valence-electron chi connectivity index (χ2n) is 4.39. The Kier molecular flexibility index (Phi) is 4.30. The molecule has 0 saturated carbocycles. The lowest BCUT2D eigenvalue weighted by Crippen LogP contribution is -2.31. The third-order valence-electron chi connectivity index (χ3n) is 2.97. The number of anilines is 1. The lowest BCUT2D eigenvalue weighted by atomic mass is 10.2. The molecular formula is C15H16FN3O. The van der Waals surface area contributed by atoms with Crippen molar-refractivity contribution >= 4 is 11.6 Å². The van der Waals surface area contributed by atoms with E-state index in [1.165, 1.54) is 18.3 Å². The minimum atomic E-state index is -0.316. The van der Waals surface area contributed by atoms with Crippen LogP contribution in [0, 0.1) is 5.82 Å². The number of hydrogen-bond acceptors (Lipinski definition) is 3. The maximum absolute atomic E-state index is 13.2. The van der Waals surface area contributed by atoms with Crippen LogP contribution in [0.4, 0.5) is 10.1 Å². The number of nitrogens with zero attached hydrogens (tertiary/aromatic N) is 2. The van der Waals surface area contributed by atoms with Crippen LogP contribution < -0.4 is 5.73 Å². The van der Waals surface area contributed by atoms with E-state index in [1.807, 2.05) is 6.92 Å². The van der Waals surface area contributed by atoms with Crippen molar-refractivity contribution in [1.29, 1.82) is 0 Å². The Bertz CT molecular complexity index is 616. The van der Waals surface area contributed by atoms with Crippen LogP contribution in [0.1, 0.15) is 23.0 Å². The highest BCUT2D eigenvalue weighted by atomic mass is 19.1. The molecule has 20 heavy (non-hydrogen) atoms. The van der Waals surface area contributed by atoms with Gasteiger partial charge in [-0.15, -0.1) is 0 Å². The second-order valence-corrected chi connectivity index (χ2v) is 4.39. The van der Waals surface area contributed by atoms with E-state index >= 15 is 0 Å². The molecule has 5 heteroatoms. The van der Waals surface area contributed by atoms with Crippen LogP contribution in [-0.2, 0) is 6.54 Å². The zero-order valence-electron chi connectivity index (χ0n) is 11.2. The first-order valence-electron chi connectivity index (χ1n) is 6.36. The van der Waals surface area contributed by atoms with Gasteiger partial charge in [0.15, 0.2) is 5.69 Å². The number of rotatable bonds is 4. The third-order valence-corrected chi connectivity index (χ3v) is 2.97. The van der Waals surface area contributed by atoms with E-state index in [0.717, 1.165) is 5.56 Å². The molecule has 0 aliphatic carbocycles. The fraction of sp³-hybridized carbons (Fsp3) is 0.200. The zero-order chi connectivity index (χ0) is 14.5. The van der Waals surface area contributed by atoms with Crippen LogP contribution in [-0.4, -0.2) is 22.3 Å². The van der Waals surface area contributed by atoms with E-state index in [0.29, 0.717) is 18.8 Å². The molecule has 4 nitrogen and oxygen atoms in total. The van der Waals surface area contributed by atoms with Gasteiger partial charge in [0.05, 0.1) is 5.69 Å². The summed E-state index contributed by atoms with van der Waals surface area (Å²) in [5, 5.41) is 0. The van der Waals surface area contributed by atoms with Crippen LogP contribution in [0.3, 0.4) is 0 Å². The predicted molar refractivity (Wildman–Crippen MR) is 75.5 cm³/mol. The lowest BCUT2D eigenvalue weighted by Gasteiger charge is -2.21. The Morgan fingerprint density at radius 3 is 2.80 bits per heavy atom. The molecule has 0 aliphatic heterocycles. The van der Waals surface area contributed by atoms with E-state index in [2.05, 4.69) is 4.98 Å². The van der Waals surface area contributed by atoms with Crippen molar-refractivity contribution in [3.63, 3.8) is 0 Å². The summed E-state index contributed by atoms with van der Waals surface area (Å²) >= 11 is 0. The number of halogens is 1. The quantitative estimate of drug-likeness (QED) is 0.931. The molecule has 0 aliphatic rings. The fourth-order valence-corrected chi connectivity index (χ4v) is 1.93. The molecule has 0 atom stereocenters. The topological polar surface area (TPSA) is 59.2 Å². The number of aromatic nitrogens is 1. The molecule has 0 spiro atoms. The van der Waals surface area contributed by atoms with Gasteiger partial charge in [0.25, 0.3) is 5.91 Å². The number of nitrogens with two attached hydrogens (primary N) is 1. The largest absolute Gasteiger partial charge is 0.397 e. The zero-order valence-corrected chi connectivity index (χ0v) is 11.2. The smallest absolute Gasteiger partial charge is 0.274 e. The normalized spacial score (nSPS) is 10.3. The van der Waals surface area contributed by atoms with Crippen molar-refractivity contribution in [2.24, 2.45) is 0 Å². The summed E-state index contributed by atoms with van der Waals surface area (Å²) in [6, 6.07) is 9.50. The van der Waals surface area contributed by atoms with E-state index < -0.39 is 0 Å². The Labute approximate surface area is 117 Å². The SMILES string of the molecule is CCN(Cc1cccc(F)c1)C(=O)c1ncccc1N. The predicted octanol–water partition coefficient (Wildman–Crippen LogP) is 2.47. The van der Waals surface area contributed by atoms with Gasteiger partial charge in [-0.1, -0.05) is 12.1 Å². The highest BCUT2D eigenvalue weighted by molar-refractivity contribution is 5.97. The molecule has 2 aromatic rings. The molecule has 0 radical (unpaired) electrons. The molecule has 1 aromatic heterocycles. The summed E-state index contributed by atoms with van der Waals surface area (Å²) in [6.07, 6.45) is 1.53. The van der Waals surface area contributed by atoms with Gasteiger partial charge in [-0.25, -0.2) is 9.37 Å². The van der Waals surface area contributed by atoms with Crippen LogP contribution in [0.2, 0.25) is 0 Å². The molecule has 0 bridgehead atoms. The fourth-order valence-electron chi connectivity index (χ4n) is 1.93. The molecule has 2 rings (SSSR count). The van der Waals surface area contributed by atoms with E-state index in [4.69, 9.17) is 5.73 Å². The number of carbonyl (C=O) groups is 1. The van der Waals surface area contributed by atoms with Crippen molar-refractivity contribution in [2.75, 3.05) is 12.3 Å². The highest BCUT2D eigenvalue weighted by Gasteiger charge is 2.18. The van der Waals surface area contributed by atoms with Gasteiger partial charge in [0.1, 0.15) is 5.82 Å². The van der Waals surface area contributed by atoms with E-state index in [9.17, 15) is 9.18 Å². The van der Waals surface area contributed by atoms with Crippen molar-refractivity contribution in [3.8, 4) is 0 Å². The minimum Gasteiger partial charge on any atom is -0.397 e. The molecular weight excluding hydrogens is 257 g/mol. The monoisotopic (exact) mass is 273 g/mol. The van der Waals surface area contributed by atoms with E-state index in [-0.39, 0.29) is 17.4 Å². The highest BCUT2D eigenvalue weighted by Crippen LogP contribution is 2.13. The van der Waals surface area contributed by atoms with Crippen LogP contribution in [0.25, 0.3) is 0 Å². The minimum absolute atomic E-state index is 0.228. The van der Waals surface area contributed by atoms with Crippen LogP contribution in [0.15, 0.2) is 42.6 Å². The number of benzene rings is 1. The molecule has 0 saturated heterocycles. The summed E-state index contributed by atoms with van der Waals surface area (Å²) < 4.78 is 13.2. The van der Waals surface area contributed by atoms with Crippen molar-refractivity contribution < 1.29 is 9.18 Å². The maximum atomic E-state index is 13.2. The van der Waals surface area contributed by atoms with Crippen molar-refractivity contribution in [1.82, 2.24) is 9.88 Å².